The van der Waals surface area contributed by atoms with E-state index in [2.05, 4.69) is 35.8 Å². The van der Waals surface area contributed by atoms with Gasteiger partial charge in [-0.3, -0.25) is 9.20 Å². The Bertz CT molecular complexity index is 1100. The molecular weight excluding hydrogens is 376 g/mol. The van der Waals surface area contributed by atoms with Gasteiger partial charge in [0, 0.05) is 36.6 Å². The van der Waals surface area contributed by atoms with E-state index in [1.807, 2.05) is 43.5 Å². The summed E-state index contributed by atoms with van der Waals surface area (Å²) in [5.74, 6) is 0.574. The lowest BCUT2D eigenvalue weighted by Crippen LogP contribution is -2.21. The summed E-state index contributed by atoms with van der Waals surface area (Å²) < 4.78 is 7.87. The van der Waals surface area contributed by atoms with Crippen molar-refractivity contribution in [3.63, 3.8) is 0 Å². The van der Waals surface area contributed by atoms with Gasteiger partial charge in [-0.05, 0) is 50.1 Å². The van der Waals surface area contributed by atoms with Gasteiger partial charge in [-0.2, -0.15) is 0 Å². The summed E-state index contributed by atoms with van der Waals surface area (Å²) in [6.07, 6.45) is 5.48. The normalized spacial score (nSPS) is 16.7. The Labute approximate surface area is 177 Å². The maximum atomic E-state index is 13.0. The monoisotopic (exact) mass is 404 g/mol. The van der Waals surface area contributed by atoms with Crippen LogP contribution < -0.4 is 10.1 Å². The number of nitrogens with one attached hydrogen (secondary N) is 1. The Morgan fingerprint density at radius 3 is 2.93 bits per heavy atom. The molecule has 0 saturated carbocycles. The molecule has 2 aromatic heterocycles. The van der Waals surface area contributed by atoms with E-state index in [1.54, 1.807) is 10.6 Å². The van der Waals surface area contributed by atoms with Crippen molar-refractivity contribution in [3.05, 3.63) is 66.1 Å². The third-order valence-electron chi connectivity index (χ3n) is 5.67. The molecule has 1 aliphatic rings. The number of fused-ring (bicyclic) bond motifs is 1. The maximum Gasteiger partial charge on any atom is 0.274 e. The number of aryl methyl sites for hydroxylation is 1. The van der Waals surface area contributed by atoms with E-state index in [9.17, 15) is 4.79 Å². The van der Waals surface area contributed by atoms with E-state index in [0.29, 0.717) is 11.3 Å². The first kappa shape index (κ1) is 20.2. The van der Waals surface area contributed by atoms with Gasteiger partial charge < -0.3 is 15.0 Å². The standard InChI is InChI=1S/C24H28N4O2/c1-5-16(2)23-17(3)7-6-8-20(23)26-24(29)21-14-25-22-13-18(10-12-28(21)22)30-19-9-11-27(4)15-19/h6-8,10,12-14,19H,2,5,9,11,15H2,1,3-4H3,(H,26,29)/t19-/m1/s1. The van der Waals surface area contributed by atoms with Crippen LogP contribution >= 0.6 is 0 Å². The summed E-state index contributed by atoms with van der Waals surface area (Å²) >= 11 is 0. The number of imidazole rings is 1. The second kappa shape index (κ2) is 8.32. The van der Waals surface area contributed by atoms with Crippen LogP contribution in [0.2, 0.25) is 0 Å². The minimum absolute atomic E-state index is 0.196. The molecule has 4 rings (SSSR count). The molecule has 3 heterocycles. The molecule has 1 saturated heterocycles. The molecule has 6 nitrogen and oxygen atoms in total. The fraction of sp³-hybridized carbons (Fsp3) is 0.333. The molecule has 0 bridgehead atoms. The minimum Gasteiger partial charge on any atom is -0.489 e. The van der Waals surface area contributed by atoms with Crippen LogP contribution in [0, 0.1) is 6.92 Å². The number of nitrogens with zero attached hydrogens (tertiary/aromatic N) is 3. The molecule has 1 N–H and O–H groups in total. The van der Waals surface area contributed by atoms with Crippen LogP contribution in [0.4, 0.5) is 5.69 Å². The highest BCUT2D eigenvalue weighted by molar-refractivity contribution is 6.05. The molecule has 1 aliphatic heterocycles. The van der Waals surface area contributed by atoms with Gasteiger partial charge in [-0.1, -0.05) is 25.6 Å². The number of carbonyl (C=O) groups excluding carboxylic acids is 1. The summed E-state index contributed by atoms with van der Waals surface area (Å²) in [6, 6.07) is 9.65. The fourth-order valence-corrected chi connectivity index (χ4v) is 3.99. The van der Waals surface area contributed by atoms with Crippen LogP contribution in [0.5, 0.6) is 5.75 Å². The third kappa shape index (κ3) is 3.96. The first-order valence-electron chi connectivity index (χ1n) is 10.4. The van der Waals surface area contributed by atoms with Gasteiger partial charge in [0.15, 0.2) is 0 Å². The van der Waals surface area contributed by atoms with Gasteiger partial charge in [0.1, 0.15) is 23.2 Å². The van der Waals surface area contributed by atoms with E-state index < -0.39 is 0 Å². The number of aromatic nitrogens is 2. The predicted octanol–water partition coefficient (Wildman–Crippen LogP) is 4.40. The van der Waals surface area contributed by atoms with E-state index in [4.69, 9.17) is 4.74 Å². The Hall–Kier alpha value is -3.12. The lowest BCUT2D eigenvalue weighted by Gasteiger charge is -2.15. The summed E-state index contributed by atoms with van der Waals surface area (Å²) in [6.45, 7) is 10.2. The molecule has 0 aliphatic carbocycles. The number of likely N-dealkylation sites (N-methyl/N-ethyl adjacent to an activating group) is 1. The molecule has 0 unspecified atom stereocenters. The average molecular weight is 405 g/mol. The molecule has 1 amide bonds. The lowest BCUT2D eigenvalue weighted by atomic mass is 9.98. The second-order valence-corrected chi connectivity index (χ2v) is 7.93. The van der Waals surface area contributed by atoms with Crippen molar-refractivity contribution in [2.45, 2.75) is 32.8 Å². The van der Waals surface area contributed by atoms with Crippen LogP contribution in [0.25, 0.3) is 11.2 Å². The summed E-state index contributed by atoms with van der Waals surface area (Å²) in [5.41, 5.74) is 5.03. The van der Waals surface area contributed by atoms with Crippen LogP contribution in [-0.4, -0.2) is 46.4 Å². The minimum atomic E-state index is -0.204. The van der Waals surface area contributed by atoms with Gasteiger partial charge in [0.05, 0.1) is 6.20 Å². The van der Waals surface area contributed by atoms with Crippen LogP contribution in [0.3, 0.4) is 0 Å². The number of anilines is 1. The van der Waals surface area contributed by atoms with Crippen molar-refractivity contribution in [3.8, 4) is 5.75 Å². The van der Waals surface area contributed by atoms with E-state index in [1.165, 1.54) is 0 Å². The third-order valence-corrected chi connectivity index (χ3v) is 5.67. The zero-order valence-corrected chi connectivity index (χ0v) is 17.8. The van der Waals surface area contributed by atoms with Crippen molar-refractivity contribution in [2.24, 2.45) is 0 Å². The Kier molecular flexibility index (Phi) is 5.59. The molecule has 0 radical (unpaired) electrons. The summed E-state index contributed by atoms with van der Waals surface area (Å²) in [5, 5.41) is 3.04. The molecule has 6 heteroatoms. The number of amides is 1. The smallest absolute Gasteiger partial charge is 0.274 e. The molecule has 1 atom stereocenters. The van der Waals surface area contributed by atoms with Gasteiger partial charge in [-0.25, -0.2) is 4.98 Å². The molecular formula is C24H28N4O2. The topological polar surface area (TPSA) is 58.9 Å². The largest absolute Gasteiger partial charge is 0.489 e. The highest BCUT2D eigenvalue weighted by Gasteiger charge is 2.21. The summed E-state index contributed by atoms with van der Waals surface area (Å²) in [4.78, 5) is 19.7. The maximum absolute atomic E-state index is 13.0. The SMILES string of the molecule is C=C(CC)c1c(C)cccc1NC(=O)c1cnc2cc(O[C@@H]3CCN(C)C3)ccn12. The number of rotatable bonds is 6. The van der Waals surface area contributed by atoms with Gasteiger partial charge in [0.2, 0.25) is 0 Å². The number of pyridine rings is 1. The number of hydrogen-bond acceptors (Lipinski definition) is 4. The van der Waals surface area contributed by atoms with Crippen molar-refractivity contribution in [1.82, 2.24) is 14.3 Å². The van der Waals surface area contributed by atoms with Gasteiger partial charge in [-0.15, -0.1) is 0 Å². The van der Waals surface area contributed by atoms with Crippen LogP contribution in [-0.2, 0) is 0 Å². The number of ether oxygens (including phenoxy) is 1. The van der Waals surface area contributed by atoms with Gasteiger partial charge >= 0.3 is 0 Å². The predicted molar refractivity (Wildman–Crippen MR) is 120 cm³/mol. The van der Waals surface area contributed by atoms with E-state index >= 15 is 0 Å². The quantitative estimate of drug-likeness (QED) is 0.662. The highest BCUT2D eigenvalue weighted by Crippen LogP contribution is 2.29. The van der Waals surface area contributed by atoms with Crippen molar-refractivity contribution in [2.75, 3.05) is 25.5 Å². The number of likely N-dealkylation sites (tertiary alicyclic amines) is 1. The lowest BCUT2D eigenvalue weighted by molar-refractivity contribution is 0.102. The van der Waals surface area contributed by atoms with Crippen LogP contribution in [0.1, 0.15) is 41.4 Å². The molecule has 1 fully saturated rings. The van der Waals surface area contributed by atoms with Crippen molar-refractivity contribution < 1.29 is 9.53 Å². The number of hydrogen-bond donors (Lipinski definition) is 1. The molecule has 30 heavy (non-hydrogen) atoms. The zero-order valence-electron chi connectivity index (χ0n) is 17.8. The number of allylic oxidation sites excluding steroid dienone is 1. The summed E-state index contributed by atoms with van der Waals surface area (Å²) in [7, 11) is 2.10. The van der Waals surface area contributed by atoms with Gasteiger partial charge in [0.25, 0.3) is 5.91 Å². The second-order valence-electron chi connectivity index (χ2n) is 7.93. The fourth-order valence-electron chi connectivity index (χ4n) is 3.99. The first-order valence-corrected chi connectivity index (χ1v) is 10.4. The average Bonchev–Trinajstić information content (AvgIpc) is 3.33. The molecule has 3 aromatic rings. The van der Waals surface area contributed by atoms with Crippen molar-refractivity contribution in [1.29, 1.82) is 0 Å². The Morgan fingerprint density at radius 2 is 2.20 bits per heavy atom. The highest BCUT2D eigenvalue weighted by atomic mass is 16.5. The molecule has 1 aromatic carbocycles. The van der Waals surface area contributed by atoms with E-state index in [-0.39, 0.29) is 12.0 Å². The van der Waals surface area contributed by atoms with Crippen molar-refractivity contribution >= 4 is 22.8 Å². The molecule has 156 valence electrons. The van der Waals surface area contributed by atoms with E-state index in [0.717, 1.165) is 54.1 Å². The first-order chi connectivity index (χ1) is 14.5. The Balaban J connectivity index is 1.56. The zero-order chi connectivity index (χ0) is 21.3. The molecule has 0 spiro atoms. The van der Waals surface area contributed by atoms with Crippen LogP contribution in [0.15, 0.2) is 49.3 Å². The number of carbonyl (C=O) groups is 1. The number of benzene rings is 1. The Morgan fingerprint density at radius 1 is 1.37 bits per heavy atom.